The largest absolute Gasteiger partial charge is 0.381 e. The molecule has 0 saturated carbocycles. The third-order valence-electron chi connectivity index (χ3n) is 3.31. The zero-order chi connectivity index (χ0) is 9.10. The van der Waals surface area contributed by atoms with Crippen LogP contribution in [0.15, 0.2) is 0 Å². The van der Waals surface area contributed by atoms with Crippen molar-refractivity contribution in [3.63, 3.8) is 0 Å². The highest BCUT2D eigenvalue weighted by Gasteiger charge is 2.27. The second kappa shape index (κ2) is 4.40. The molecule has 0 aliphatic carbocycles. The topological polar surface area (TPSA) is 26.6 Å². The van der Waals surface area contributed by atoms with Crippen molar-refractivity contribution in [2.45, 2.75) is 19.4 Å². The molecule has 0 aromatic carbocycles. The number of ether oxygens (including phenoxy) is 1. The van der Waals surface area contributed by atoms with Crippen molar-refractivity contribution in [3.05, 3.63) is 0 Å². The van der Waals surface area contributed by atoms with Gasteiger partial charge in [0.25, 0.3) is 0 Å². The minimum absolute atomic E-state index is 0.693. The summed E-state index contributed by atoms with van der Waals surface area (Å²) in [6.45, 7) is 8.62. The van der Waals surface area contributed by atoms with Crippen LogP contribution in [0, 0.1) is 5.92 Å². The second-order valence-electron chi connectivity index (χ2n) is 4.07. The molecule has 13 heavy (non-hydrogen) atoms. The first kappa shape index (κ1) is 9.44. The third kappa shape index (κ3) is 2.22. The first-order valence-electron chi connectivity index (χ1n) is 5.33. The van der Waals surface area contributed by atoms with Crippen LogP contribution in [0.4, 0.5) is 0 Å². The maximum Gasteiger partial charge on any atom is 0.0509 e. The molecular formula is C10H19N2O. The smallest absolute Gasteiger partial charge is 0.0509 e. The van der Waals surface area contributed by atoms with Crippen LogP contribution in [0.2, 0.25) is 0 Å². The van der Waals surface area contributed by atoms with Crippen molar-refractivity contribution in [1.29, 1.82) is 0 Å². The number of hydrogen-bond acceptors (Lipinski definition) is 2. The predicted molar refractivity (Wildman–Crippen MR) is 51.8 cm³/mol. The summed E-state index contributed by atoms with van der Waals surface area (Å²) < 4.78 is 5.42. The van der Waals surface area contributed by atoms with E-state index in [0.29, 0.717) is 6.04 Å². The second-order valence-corrected chi connectivity index (χ2v) is 4.07. The van der Waals surface area contributed by atoms with Crippen molar-refractivity contribution < 1.29 is 4.74 Å². The molecule has 3 heteroatoms. The summed E-state index contributed by atoms with van der Waals surface area (Å²) in [7, 11) is 0. The standard InChI is InChI=1S/C10H19N2O/c1-9(10-2-7-13-8-10)12-5-3-11-4-6-12/h9-10H,2-8H2,1H3. The van der Waals surface area contributed by atoms with E-state index in [1.165, 1.54) is 6.42 Å². The molecule has 2 atom stereocenters. The van der Waals surface area contributed by atoms with E-state index in [0.717, 1.165) is 45.3 Å². The molecule has 2 unspecified atom stereocenters. The van der Waals surface area contributed by atoms with Gasteiger partial charge in [0, 0.05) is 38.8 Å². The van der Waals surface area contributed by atoms with Crippen LogP contribution in [-0.2, 0) is 4.74 Å². The average Bonchev–Trinajstić information content (AvgIpc) is 2.71. The minimum Gasteiger partial charge on any atom is -0.381 e. The molecule has 2 aliphatic heterocycles. The maximum atomic E-state index is 5.42. The van der Waals surface area contributed by atoms with Gasteiger partial charge in [-0.05, 0) is 19.3 Å². The predicted octanol–water partition coefficient (Wildman–Crippen LogP) is 0.331. The summed E-state index contributed by atoms with van der Waals surface area (Å²) >= 11 is 0. The molecule has 0 aromatic rings. The molecule has 0 bridgehead atoms. The first-order valence-corrected chi connectivity index (χ1v) is 5.33. The SMILES string of the molecule is CC(C1CCOC1)N1CC[N]CC1. The van der Waals surface area contributed by atoms with Crippen molar-refractivity contribution >= 4 is 0 Å². The highest BCUT2D eigenvalue weighted by Crippen LogP contribution is 2.20. The summed E-state index contributed by atoms with van der Waals surface area (Å²) in [6, 6.07) is 0.693. The van der Waals surface area contributed by atoms with Crippen LogP contribution in [0.25, 0.3) is 0 Å². The lowest BCUT2D eigenvalue weighted by Gasteiger charge is -2.34. The van der Waals surface area contributed by atoms with Gasteiger partial charge in [0.05, 0.1) is 6.61 Å². The third-order valence-corrected chi connectivity index (χ3v) is 3.31. The molecule has 2 heterocycles. The molecule has 1 radical (unpaired) electrons. The Hall–Kier alpha value is -0.120. The zero-order valence-electron chi connectivity index (χ0n) is 8.41. The average molecular weight is 183 g/mol. The Morgan fingerprint density at radius 3 is 2.77 bits per heavy atom. The normalized spacial score (nSPS) is 33.5. The number of hydrogen-bond donors (Lipinski definition) is 0. The molecule has 2 saturated heterocycles. The van der Waals surface area contributed by atoms with Gasteiger partial charge in [0.15, 0.2) is 0 Å². The molecule has 0 spiro atoms. The maximum absolute atomic E-state index is 5.42. The molecule has 3 nitrogen and oxygen atoms in total. The van der Waals surface area contributed by atoms with Gasteiger partial charge in [0.2, 0.25) is 0 Å². The number of rotatable bonds is 2. The fraction of sp³-hybridized carbons (Fsp3) is 1.00. The van der Waals surface area contributed by atoms with E-state index < -0.39 is 0 Å². The van der Waals surface area contributed by atoms with Gasteiger partial charge in [-0.2, -0.15) is 0 Å². The van der Waals surface area contributed by atoms with Gasteiger partial charge in [-0.25, -0.2) is 5.32 Å². The Morgan fingerprint density at radius 1 is 1.38 bits per heavy atom. The van der Waals surface area contributed by atoms with Gasteiger partial charge in [0.1, 0.15) is 0 Å². The molecule has 0 aromatic heterocycles. The highest BCUT2D eigenvalue weighted by molar-refractivity contribution is 4.81. The number of nitrogens with zero attached hydrogens (tertiary/aromatic N) is 2. The summed E-state index contributed by atoms with van der Waals surface area (Å²) in [5.41, 5.74) is 0. The number of piperazine rings is 1. The van der Waals surface area contributed by atoms with E-state index in [1.807, 2.05) is 0 Å². The van der Waals surface area contributed by atoms with Gasteiger partial charge < -0.3 is 4.74 Å². The van der Waals surface area contributed by atoms with Crippen LogP contribution in [0.1, 0.15) is 13.3 Å². The van der Waals surface area contributed by atoms with Crippen molar-refractivity contribution in [2.75, 3.05) is 39.4 Å². The van der Waals surface area contributed by atoms with E-state index in [4.69, 9.17) is 4.74 Å². The van der Waals surface area contributed by atoms with Gasteiger partial charge in [-0.3, -0.25) is 4.90 Å². The summed E-state index contributed by atoms with van der Waals surface area (Å²) in [6.07, 6.45) is 1.24. The summed E-state index contributed by atoms with van der Waals surface area (Å²) in [4.78, 5) is 2.56. The van der Waals surface area contributed by atoms with Gasteiger partial charge in [-0.1, -0.05) is 0 Å². The van der Waals surface area contributed by atoms with Crippen LogP contribution in [0.3, 0.4) is 0 Å². The Morgan fingerprint density at radius 2 is 2.15 bits per heavy atom. The van der Waals surface area contributed by atoms with Crippen molar-refractivity contribution in [3.8, 4) is 0 Å². The summed E-state index contributed by atoms with van der Waals surface area (Å²) in [5.74, 6) is 0.762. The molecule has 0 amide bonds. The Balaban J connectivity index is 1.83. The Bertz CT molecular complexity index is 151. The monoisotopic (exact) mass is 183 g/mol. The quantitative estimate of drug-likeness (QED) is 0.617. The highest BCUT2D eigenvalue weighted by atomic mass is 16.5. The molecular weight excluding hydrogens is 164 g/mol. The van der Waals surface area contributed by atoms with E-state index in [-0.39, 0.29) is 0 Å². The van der Waals surface area contributed by atoms with E-state index >= 15 is 0 Å². The molecule has 2 aliphatic rings. The van der Waals surface area contributed by atoms with Crippen molar-refractivity contribution in [2.24, 2.45) is 5.92 Å². The van der Waals surface area contributed by atoms with Crippen LogP contribution < -0.4 is 5.32 Å². The lowest BCUT2D eigenvalue weighted by molar-refractivity contribution is 0.116. The fourth-order valence-corrected chi connectivity index (χ4v) is 2.26. The van der Waals surface area contributed by atoms with Crippen LogP contribution in [0.5, 0.6) is 0 Å². The van der Waals surface area contributed by atoms with E-state index in [2.05, 4.69) is 17.1 Å². The summed E-state index contributed by atoms with van der Waals surface area (Å²) in [5, 5.41) is 4.36. The van der Waals surface area contributed by atoms with E-state index in [1.54, 1.807) is 0 Å². The van der Waals surface area contributed by atoms with Crippen molar-refractivity contribution in [1.82, 2.24) is 10.2 Å². The van der Waals surface area contributed by atoms with E-state index in [9.17, 15) is 0 Å². The molecule has 2 fully saturated rings. The zero-order valence-corrected chi connectivity index (χ0v) is 8.41. The Kier molecular flexibility index (Phi) is 3.19. The van der Waals surface area contributed by atoms with Crippen LogP contribution in [-0.4, -0.2) is 50.3 Å². The molecule has 2 rings (SSSR count). The van der Waals surface area contributed by atoms with Crippen LogP contribution >= 0.6 is 0 Å². The fourth-order valence-electron chi connectivity index (χ4n) is 2.26. The van der Waals surface area contributed by atoms with Gasteiger partial charge >= 0.3 is 0 Å². The Labute approximate surface area is 80.4 Å². The first-order chi connectivity index (χ1) is 6.38. The van der Waals surface area contributed by atoms with Gasteiger partial charge in [-0.15, -0.1) is 0 Å². The molecule has 75 valence electrons. The molecule has 0 N–H and O–H groups in total. The lowest BCUT2D eigenvalue weighted by atomic mass is 9.99. The minimum atomic E-state index is 0.693. The lowest BCUT2D eigenvalue weighted by Crippen LogP contribution is -2.47.